The third-order valence-corrected chi connectivity index (χ3v) is 4.26. The van der Waals surface area contributed by atoms with Crippen LogP contribution in [0.25, 0.3) is 0 Å². The van der Waals surface area contributed by atoms with Crippen LogP contribution in [0.1, 0.15) is 57.6 Å². The average molecular weight is 261 g/mol. The fourth-order valence-electron chi connectivity index (χ4n) is 2.98. The first-order chi connectivity index (χ1) is 9.22. The van der Waals surface area contributed by atoms with Crippen molar-refractivity contribution < 1.29 is 0 Å². The smallest absolute Gasteiger partial charge is 0.128 e. The van der Waals surface area contributed by atoms with Crippen LogP contribution in [0.5, 0.6) is 0 Å². The maximum atomic E-state index is 4.56. The van der Waals surface area contributed by atoms with Crippen LogP contribution in [0, 0.1) is 0 Å². The lowest BCUT2D eigenvalue weighted by Gasteiger charge is -2.32. The van der Waals surface area contributed by atoms with E-state index in [2.05, 4.69) is 48.2 Å². The van der Waals surface area contributed by atoms with Crippen molar-refractivity contribution in [3.05, 3.63) is 23.9 Å². The van der Waals surface area contributed by atoms with E-state index in [4.69, 9.17) is 0 Å². The first kappa shape index (κ1) is 14.3. The largest absolute Gasteiger partial charge is 0.357 e. The molecule has 1 fully saturated rings. The van der Waals surface area contributed by atoms with Gasteiger partial charge in [0.15, 0.2) is 0 Å². The van der Waals surface area contributed by atoms with Crippen LogP contribution in [0.2, 0.25) is 0 Å². The SMILES string of the molecule is CCNC(C)c1ccnc(N(C)C2CCCCC2)c1. The van der Waals surface area contributed by atoms with Crippen LogP contribution in [-0.2, 0) is 0 Å². The van der Waals surface area contributed by atoms with Crippen molar-refractivity contribution in [2.75, 3.05) is 18.5 Å². The first-order valence-corrected chi connectivity index (χ1v) is 7.64. The number of nitrogens with one attached hydrogen (secondary N) is 1. The Morgan fingerprint density at radius 1 is 1.37 bits per heavy atom. The first-order valence-electron chi connectivity index (χ1n) is 7.64. The van der Waals surface area contributed by atoms with Gasteiger partial charge in [0.25, 0.3) is 0 Å². The van der Waals surface area contributed by atoms with E-state index in [0.717, 1.165) is 12.4 Å². The number of rotatable bonds is 5. The van der Waals surface area contributed by atoms with Gasteiger partial charge in [-0.2, -0.15) is 0 Å². The molecule has 0 aliphatic heterocycles. The zero-order chi connectivity index (χ0) is 13.7. The molecule has 1 aromatic heterocycles. The maximum absolute atomic E-state index is 4.56. The Hall–Kier alpha value is -1.09. The summed E-state index contributed by atoms with van der Waals surface area (Å²) in [6.07, 6.45) is 8.69. The monoisotopic (exact) mass is 261 g/mol. The lowest BCUT2D eigenvalue weighted by atomic mass is 9.94. The van der Waals surface area contributed by atoms with E-state index in [0.29, 0.717) is 12.1 Å². The van der Waals surface area contributed by atoms with Crippen molar-refractivity contribution in [1.29, 1.82) is 0 Å². The molecule has 1 saturated carbocycles. The van der Waals surface area contributed by atoms with E-state index in [1.165, 1.54) is 37.7 Å². The molecule has 1 unspecified atom stereocenters. The molecule has 1 N–H and O–H groups in total. The molecule has 3 nitrogen and oxygen atoms in total. The van der Waals surface area contributed by atoms with Crippen molar-refractivity contribution in [3.63, 3.8) is 0 Å². The number of pyridine rings is 1. The van der Waals surface area contributed by atoms with Crippen LogP contribution in [-0.4, -0.2) is 24.6 Å². The zero-order valence-corrected chi connectivity index (χ0v) is 12.5. The van der Waals surface area contributed by atoms with Gasteiger partial charge < -0.3 is 10.2 Å². The summed E-state index contributed by atoms with van der Waals surface area (Å²) >= 11 is 0. The Kier molecular flexibility index (Phi) is 5.20. The molecule has 3 heteroatoms. The van der Waals surface area contributed by atoms with Gasteiger partial charge in [0, 0.05) is 25.3 Å². The fraction of sp³-hybridized carbons (Fsp3) is 0.688. The molecular formula is C16H27N3. The quantitative estimate of drug-likeness (QED) is 0.879. The summed E-state index contributed by atoms with van der Waals surface area (Å²) in [5.74, 6) is 1.12. The second-order valence-electron chi connectivity index (χ2n) is 5.63. The molecule has 1 aromatic rings. The molecule has 1 aliphatic carbocycles. The van der Waals surface area contributed by atoms with Gasteiger partial charge in [-0.1, -0.05) is 26.2 Å². The van der Waals surface area contributed by atoms with Gasteiger partial charge in [-0.25, -0.2) is 4.98 Å². The molecule has 19 heavy (non-hydrogen) atoms. The molecule has 106 valence electrons. The molecule has 1 heterocycles. The highest BCUT2D eigenvalue weighted by Crippen LogP contribution is 2.26. The highest BCUT2D eigenvalue weighted by atomic mass is 15.2. The van der Waals surface area contributed by atoms with Gasteiger partial charge in [0.2, 0.25) is 0 Å². The van der Waals surface area contributed by atoms with Crippen LogP contribution in [0.4, 0.5) is 5.82 Å². The van der Waals surface area contributed by atoms with Gasteiger partial charge in [0.1, 0.15) is 5.82 Å². The van der Waals surface area contributed by atoms with Crippen molar-refractivity contribution >= 4 is 5.82 Å². The highest BCUT2D eigenvalue weighted by molar-refractivity contribution is 5.42. The van der Waals surface area contributed by atoms with Gasteiger partial charge in [-0.3, -0.25) is 0 Å². The average Bonchev–Trinajstić information content (AvgIpc) is 2.48. The Morgan fingerprint density at radius 3 is 2.79 bits per heavy atom. The molecule has 2 rings (SSSR count). The Labute approximate surface area is 117 Å². The molecule has 0 saturated heterocycles. The van der Waals surface area contributed by atoms with Crippen molar-refractivity contribution in [2.24, 2.45) is 0 Å². The van der Waals surface area contributed by atoms with Crippen molar-refractivity contribution in [1.82, 2.24) is 10.3 Å². The third kappa shape index (κ3) is 3.69. The molecule has 0 amide bonds. The summed E-state index contributed by atoms with van der Waals surface area (Å²) < 4.78 is 0. The Balaban J connectivity index is 2.08. The predicted octanol–water partition coefficient (Wildman–Crippen LogP) is 3.52. The zero-order valence-electron chi connectivity index (χ0n) is 12.5. The van der Waals surface area contributed by atoms with Gasteiger partial charge in [0.05, 0.1) is 0 Å². The van der Waals surface area contributed by atoms with E-state index in [1.807, 2.05) is 6.20 Å². The maximum Gasteiger partial charge on any atom is 0.128 e. The third-order valence-electron chi connectivity index (χ3n) is 4.26. The molecule has 0 aromatic carbocycles. The predicted molar refractivity (Wildman–Crippen MR) is 81.6 cm³/mol. The minimum absolute atomic E-state index is 0.395. The van der Waals surface area contributed by atoms with Gasteiger partial charge in [-0.15, -0.1) is 0 Å². The van der Waals surface area contributed by atoms with Crippen LogP contribution in [0.3, 0.4) is 0 Å². The summed E-state index contributed by atoms with van der Waals surface area (Å²) in [6.45, 7) is 5.35. The number of nitrogens with zero attached hydrogens (tertiary/aromatic N) is 2. The summed E-state index contributed by atoms with van der Waals surface area (Å²) in [5, 5.41) is 3.46. The topological polar surface area (TPSA) is 28.2 Å². The summed E-state index contributed by atoms with van der Waals surface area (Å²) in [7, 11) is 2.19. The van der Waals surface area contributed by atoms with Gasteiger partial charge in [-0.05, 0) is 44.0 Å². The lowest BCUT2D eigenvalue weighted by Crippen LogP contribution is -2.34. The number of anilines is 1. The second kappa shape index (κ2) is 6.90. The normalized spacial score (nSPS) is 18.3. The van der Waals surface area contributed by atoms with Crippen LogP contribution >= 0.6 is 0 Å². The Morgan fingerprint density at radius 2 is 2.11 bits per heavy atom. The number of hydrogen-bond acceptors (Lipinski definition) is 3. The minimum Gasteiger partial charge on any atom is -0.357 e. The number of hydrogen-bond donors (Lipinski definition) is 1. The van der Waals surface area contributed by atoms with E-state index in [1.54, 1.807) is 0 Å². The second-order valence-corrected chi connectivity index (χ2v) is 5.63. The molecule has 0 bridgehead atoms. The lowest BCUT2D eigenvalue weighted by molar-refractivity contribution is 0.426. The Bertz CT molecular complexity index is 385. The van der Waals surface area contributed by atoms with E-state index < -0.39 is 0 Å². The van der Waals surface area contributed by atoms with E-state index >= 15 is 0 Å². The molecule has 1 atom stereocenters. The summed E-state index contributed by atoms with van der Waals surface area (Å²) in [5.41, 5.74) is 1.33. The number of aromatic nitrogens is 1. The molecule has 1 aliphatic rings. The minimum atomic E-state index is 0.395. The molecule has 0 spiro atoms. The van der Waals surface area contributed by atoms with Crippen molar-refractivity contribution in [2.45, 2.75) is 58.0 Å². The molecule has 0 radical (unpaired) electrons. The van der Waals surface area contributed by atoms with E-state index in [9.17, 15) is 0 Å². The van der Waals surface area contributed by atoms with Crippen molar-refractivity contribution in [3.8, 4) is 0 Å². The highest BCUT2D eigenvalue weighted by Gasteiger charge is 2.19. The summed E-state index contributed by atoms with van der Waals surface area (Å²) in [4.78, 5) is 6.93. The van der Waals surface area contributed by atoms with Crippen LogP contribution in [0.15, 0.2) is 18.3 Å². The fourth-order valence-corrected chi connectivity index (χ4v) is 2.98. The van der Waals surface area contributed by atoms with Gasteiger partial charge >= 0.3 is 0 Å². The van der Waals surface area contributed by atoms with E-state index in [-0.39, 0.29) is 0 Å². The summed E-state index contributed by atoms with van der Waals surface area (Å²) in [6, 6.07) is 5.42. The molecular weight excluding hydrogens is 234 g/mol. The standard InChI is InChI=1S/C16H27N3/c1-4-17-13(2)14-10-11-18-16(12-14)19(3)15-8-6-5-7-9-15/h10-13,15,17H,4-9H2,1-3H3. The van der Waals surface area contributed by atoms with Crippen LogP contribution < -0.4 is 10.2 Å².